The molecule has 2 aromatic heterocycles. The smallest absolute Gasteiger partial charge is 0.163 e. The number of aromatic nitrogens is 3. The molecule has 0 bridgehead atoms. The van der Waals surface area contributed by atoms with Crippen molar-refractivity contribution in [3.05, 3.63) is 77.1 Å². The van der Waals surface area contributed by atoms with Gasteiger partial charge >= 0.3 is 0 Å². The Bertz CT molecular complexity index is 1190. The topological polar surface area (TPSA) is 59.9 Å². The van der Waals surface area contributed by atoms with Gasteiger partial charge in [0.2, 0.25) is 0 Å². The first-order chi connectivity index (χ1) is 15.7. The van der Waals surface area contributed by atoms with Crippen molar-refractivity contribution in [1.29, 1.82) is 0 Å². The summed E-state index contributed by atoms with van der Waals surface area (Å²) in [6.45, 7) is 5.18. The fourth-order valence-corrected chi connectivity index (χ4v) is 3.92. The second-order valence-corrected chi connectivity index (χ2v) is 8.03. The average molecular weight is 427 g/mol. The molecule has 2 atom stereocenters. The van der Waals surface area contributed by atoms with Gasteiger partial charge in [-0.25, -0.2) is 9.97 Å². The number of fused-ring (bicyclic) bond motifs is 1. The highest BCUT2D eigenvalue weighted by molar-refractivity contribution is 5.68. The summed E-state index contributed by atoms with van der Waals surface area (Å²) >= 11 is 0. The summed E-state index contributed by atoms with van der Waals surface area (Å²) in [7, 11) is 1.74. The van der Waals surface area contributed by atoms with E-state index in [2.05, 4.69) is 72.7 Å². The van der Waals surface area contributed by atoms with Crippen LogP contribution in [0.5, 0.6) is 0 Å². The van der Waals surface area contributed by atoms with Crippen LogP contribution in [0.3, 0.4) is 0 Å². The lowest BCUT2D eigenvalue weighted by molar-refractivity contribution is 0.157. The Labute approximate surface area is 189 Å². The van der Waals surface area contributed by atoms with Crippen LogP contribution >= 0.6 is 0 Å². The van der Waals surface area contributed by atoms with Crippen LogP contribution in [0, 0.1) is 5.92 Å². The minimum Gasteiger partial charge on any atom is -0.377 e. The molecule has 0 saturated heterocycles. The van der Waals surface area contributed by atoms with Crippen molar-refractivity contribution in [1.82, 2.24) is 15.0 Å². The van der Waals surface area contributed by atoms with Crippen LogP contribution in [0.25, 0.3) is 29.1 Å². The number of methoxy groups -OCH3 is 1. The number of allylic oxidation sites excluding steroid dienone is 1. The maximum Gasteiger partial charge on any atom is 0.163 e. The summed E-state index contributed by atoms with van der Waals surface area (Å²) in [4.78, 5) is 13.9. The van der Waals surface area contributed by atoms with Crippen LogP contribution in [0.15, 0.2) is 60.9 Å². The summed E-state index contributed by atoms with van der Waals surface area (Å²) in [6, 6.07) is 14.5. The summed E-state index contributed by atoms with van der Waals surface area (Å²) in [5.74, 6) is 1.97. The van der Waals surface area contributed by atoms with E-state index in [1.807, 2.05) is 12.1 Å². The van der Waals surface area contributed by atoms with Gasteiger partial charge in [-0.2, -0.15) is 0 Å². The quantitative estimate of drug-likeness (QED) is 0.589. The van der Waals surface area contributed by atoms with Crippen LogP contribution in [0.1, 0.15) is 32.3 Å². The molecule has 1 N–H and O–H groups in total. The lowest BCUT2D eigenvalue weighted by Gasteiger charge is -2.17. The third-order valence-corrected chi connectivity index (χ3v) is 5.94. The predicted molar refractivity (Wildman–Crippen MR) is 131 cm³/mol. The van der Waals surface area contributed by atoms with Crippen LogP contribution in [-0.4, -0.2) is 34.7 Å². The zero-order valence-corrected chi connectivity index (χ0v) is 19.0. The van der Waals surface area contributed by atoms with Crippen molar-refractivity contribution < 1.29 is 4.74 Å². The molecule has 1 aliphatic rings. The van der Waals surface area contributed by atoms with Crippen LogP contribution < -0.4 is 15.9 Å². The Morgan fingerprint density at radius 3 is 2.75 bits per heavy atom. The van der Waals surface area contributed by atoms with E-state index in [-0.39, 0.29) is 6.10 Å². The number of ether oxygens (including phenoxy) is 1. The molecule has 0 saturated carbocycles. The first kappa shape index (κ1) is 21.9. The molecule has 0 aliphatic heterocycles. The van der Waals surface area contributed by atoms with Gasteiger partial charge in [0.1, 0.15) is 5.82 Å². The van der Waals surface area contributed by atoms with Gasteiger partial charge in [-0.05, 0) is 48.1 Å². The zero-order chi connectivity index (χ0) is 22.3. The zero-order valence-electron chi connectivity index (χ0n) is 19.0. The molecule has 0 spiro atoms. The van der Waals surface area contributed by atoms with Gasteiger partial charge in [-0.1, -0.05) is 56.3 Å². The molecule has 0 fully saturated rings. The Balaban J connectivity index is 1.70. The van der Waals surface area contributed by atoms with E-state index in [1.165, 1.54) is 11.1 Å². The second kappa shape index (κ2) is 10.3. The highest BCUT2D eigenvalue weighted by Crippen LogP contribution is 2.25. The monoisotopic (exact) mass is 426 g/mol. The number of nitrogens with zero attached hydrogens (tertiary/aromatic N) is 3. The molecular weight excluding hydrogens is 396 g/mol. The Morgan fingerprint density at radius 2 is 2.03 bits per heavy atom. The predicted octanol–water partition coefficient (Wildman–Crippen LogP) is 4.06. The van der Waals surface area contributed by atoms with Gasteiger partial charge in [0.15, 0.2) is 5.82 Å². The van der Waals surface area contributed by atoms with Gasteiger partial charge in [0.25, 0.3) is 0 Å². The number of pyridine rings is 1. The van der Waals surface area contributed by atoms with E-state index in [4.69, 9.17) is 14.7 Å². The highest BCUT2D eigenvalue weighted by Gasteiger charge is 2.14. The first-order valence-electron chi connectivity index (χ1n) is 11.2. The third-order valence-electron chi connectivity index (χ3n) is 5.94. The largest absolute Gasteiger partial charge is 0.377 e. The standard InChI is InChI=1S/C27H30N4O/c1-4-19(2)23(20-9-6-5-7-10-20)14-16-29-27-24-17-22(32-3)12-13-25(24)30-26(31-27)21-11-8-15-28-18-21/h5-11,13-15,17-19,22H,4,12,16H2,1-3H3,(H,29,30,31). The minimum atomic E-state index is 0.0337. The fourth-order valence-electron chi connectivity index (χ4n) is 3.92. The van der Waals surface area contributed by atoms with Crippen molar-refractivity contribution in [2.45, 2.75) is 32.8 Å². The van der Waals surface area contributed by atoms with Crippen molar-refractivity contribution >= 4 is 23.5 Å². The summed E-state index contributed by atoms with van der Waals surface area (Å²) < 4.78 is 5.57. The maximum absolute atomic E-state index is 5.57. The van der Waals surface area contributed by atoms with Gasteiger partial charge in [0.05, 0.1) is 11.5 Å². The minimum absolute atomic E-state index is 0.0337. The molecular formula is C27H30N4O. The van der Waals surface area contributed by atoms with Crippen molar-refractivity contribution in [3.8, 4) is 11.4 Å². The van der Waals surface area contributed by atoms with E-state index in [0.717, 1.165) is 34.8 Å². The molecule has 5 heteroatoms. The van der Waals surface area contributed by atoms with Crippen LogP contribution in [0.2, 0.25) is 0 Å². The number of hydrogen-bond donors (Lipinski definition) is 1. The molecule has 4 rings (SSSR count). The fraction of sp³-hybridized carbons (Fsp3) is 0.296. The number of benzene rings is 1. The van der Waals surface area contributed by atoms with E-state index in [1.54, 1.807) is 19.5 Å². The second-order valence-electron chi connectivity index (χ2n) is 8.03. The van der Waals surface area contributed by atoms with Crippen LogP contribution in [-0.2, 0) is 4.74 Å². The lowest BCUT2D eigenvalue weighted by Crippen LogP contribution is -2.37. The molecule has 2 unspecified atom stereocenters. The molecule has 1 aromatic carbocycles. The molecule has 0 amide bonds. The molecule has 5 nitrogen and oxygen atoms in total. The molecule has 2 heterocycles. The Morgan fingerprint density at radius 1 is 1.19 bits per heavy atom. The SMILES string of the molecule is CCC(C)C(=CCNc1nc(-c2cccnc2)nc2c1=CC(OC)CC=2)c1ccccc1. The van der Waals surface area contributed by atoms with E-state index in [0.29, 0.717) is 18.3 Å². The number of rotatable bonds is 8. The lowest BCUT2D eigenvalue weighted by atomic mass is 9.91. The van der Waals surface area contributed by atoms with Gasteiger partial charge < -0.3 is 10.1 Å². The third kappa shape index (κ3) is 4.94. The van der Waals surface area contributed by atoms with Crippen LogP contribution in [0.4, 0.5) is 5.82 Å². The number of hydrogen-bond acceptors (Lipinski definition) is 5. The number of anilines is 1. The number of nitrogens with one attached hydrogen (secondary N) is 1. The van der Waals surface area contributed by atoms with Gasteiger partial charge in [0, 0.05) is 36.8 Å². The van der Waals surface area contributed by atoms with Crippen molar-refractivity contribution in [2.24, 2.45) is 5.92 Å². The molecule has 1 aliphatic carbocycles. The van der Waals surface area contributed by atoms with E-state index < -0.39 is 0 Å². The molecule has 0 radical (unpaired) electrons. The van der Waals surface area contributed by atoms with E-state index in [9.17, 15) is 0 Å². The van der Waals surface area contributed by atoms with Gasteiger partial charge in [-0.3, -0.25) is 4.98 Å². The molecule has 164 valence electrons. The summed E-state index contributed by atoms with van der Waals surface area (Å²) in [5, 5.41) is 5.48. The normalized spacial score (nSPS) is 16.5. The molecule has 32 heavy (non-hydrogen) atoms. The Kier molecular flexibility index (Phi) is 7.07. The van der Waals surface area contributed by atoms with Crippen molar-refractivity contribution in [2.75, 3.05) is 19.0 Å². The average Bonchev–Trinajstić information content (AvgIpc) is 2.86. The maximum atomic E-state index is 5.57. The Hall–Kier alpha value is -3.31. The first-order valence-corrected chi connectivity index (χ1v) is 11.2. The molecule has 3 aromatic rings. The van der Waals surface area contributed by atoms with Crippen molar-refractivity contribution in [3.63, 3.8) is 0 Å². The van der Waals surface area contributed by atoms with Gasteiger partial charge in [-0.15, -0.1) is 0 Å². The summed E-state index contributed by atoms with van der Waals surface area (Å²) in [6.07, 6.45) is 12.0. The summed E-state index contributed by atoms with van der Waals surface area (Å²) in [5.41, 5.74) is 3.52. The van der Waals surface area contributed by atoms with E-state index >= 15 is 0 Å². The highest BCUT2D eigenvalue weighted by atomic mass is 16.5.